The Kier molecular flexibility index (Phi) is 2.59. The van der Waals surface area contributed by atoms with E-state index >= 15 is 0 Å². The second-order valence-electron chi connectivity index (χ2n) is 4.34. The summed E-state index contributed by atoms with van der Waals surface area (Å²) in [5.74, 6) is 0.809. The van der Waals surface area contributed by atoms with Gasteiger partial charge in [0.05, 0.1) is 5.69 Å². The molecule has 2 heterocycles. The minimum atomic E-state index is 0.809. The van der Waals surface area contributed by atoms with E-state index in [1.165, 1.54) is 42.9 Å². The fourth-order valence-corrected chi connectivity index (χ4v) is 2.26. The van der Waals surface area contributed by atoms with E-state index in [4.69, 9.17) is 0 Å². The van der Waals surface area contributed by atoms with E-state index in [0.717, 1.165) is 5.92 Å². The predicted molar refractivity (Wildman–Crippen MR) is 57.4 cm³/mol. The molecule has 1 atom stereocenters. The highest BCUT2D eigenvalue weighted by Crippen LogP contribution is 2.19. The Morgan fingerprint density at radius 2 is 2.29 bits per heavy atom. The van der Waals surface area contributed by atoms with Gasteiger partial charge in [0.15, 0.2) is 0 Å². The lowest BCUT2D eigenvalue weighted by atomic mass is 10.00. The summed E-state index contributed by atoms with van der Waals surface area (Å²) in [5, 5.41) is 7.86. The van der Waals surface area contributed by atoms with Crippen molar-refractivity contribution in [3.63, 3.8) is 0 Å². The smallest absolute Gasteiger partial charge is 0.0625 e. The van der Waals surface area contributed by atoms with Crippen LogP contribution < -0.4 is 5.32 Å². The number of aromatic nitrogens is 2. The Morgan fingerprint density at radius 1 is 1.50 bits per heavy atom. The van der Waals surface area contributed by atoms with Gasteiger partial charge in [-0.25, -0.2) is 0 Å². The molecule has 0 radical (unpaired) electrons. The van der Waals surface area contributed by atoms with Crippen molar-refractivity contribution in [3.8, 4) is 0 Å². The molecule has 1 N–H and O–H groups in total. The molecular weight excluding hydrogens is 174 g/mol. The molecule has 1 aliphatic heterocycles. The number of hydrogen-bond acceptors (Lipinski definition) is 2. The number of rotatable bonds is 2. The Hall–Kier alpha value is -0.830. The maximum absolute atomic E-state index is 4.45. The average molecular weight is 193 g/mol. The molecule has 78 valence electrons. The summed E-state index contributed by atoms with van der Waals surface area (Å²) in [6.45, 7) is 6.62. The lowest BCUT2D eigenvalue weighted by molar-refractivity contribution is 0.546. The molecule has 1 saturated heterocycles. The minimum absolute atomic E-state index is 0.809. The van der Waals surface area contributed by atoms with Gasteiger partial charge in [-0.3, -0.25) is 4.68 Å². The Balaban J connectivity index is 2.14. The van der Waals surface area contributed by atoms with E-state index in [1.54, 1.807) is 0 Å². The van der Waals surface area contributed by atoms with Gasteiger partial charge in [-0.15, -0.1) is 0 Å². The van der Waals surface area contributed by atoms with Crippen LogP contribution in [0, 0.1) is 19.8 Å². The Bertz CT molecular complexity index is 322. The number of nitrogens with zero attached hydrogens (tertiary/aromatic N) is 2. The van der Waals surface area contributed by atoms with Crippen molar-refractivity contribution >= 4 is 0 Å². The summed E-state index contributed by atoms with van der Waals surface area (Å²) in [6, 6.07) is 0. The topological polar surface area (TPSA) is 29.9 Å². The zero-order chi connectivity index (χ0) is 10.1. The van der Waals surface area contributed by atoms with E-state index in [2.05, 4.69) is 31.3 Å². The molecular formula is C11H19N3. The molecule has 0 bridgehead atoms. The van der Waals surface area contributed by atoms with Crippen LogP contribution in [0.1, 0.15) is 23.4 Å². The van der Waals surface area contributed by atoms with Gasteiger partial charge in [0.2, 0.25) is 0 Å². The third-order valence-electron chi connectivity index (χ3n) is 3.31. The zero-order valence-corrected chi connectivity index (χ0v) is 9.30. The predicted octanol–water partition coefficient (Wildman–Crippen LogP) is 1.19. The molecule has 2 rings (SSSR count). The van der Waals surface area contributed by atoms with Gasteiger partial charge >= 0.3 is 0 Å². The van der Waals surface area contributed by atoms with Crippen molar-refractivity contribution in [1.82, 2.24) is 15.1 Å². The first-order valence-corrected chi connectivity index (χ1v) is 5.38. The fourth-order valence-electron chi connectivity index (χ4n) is 2.26. The van der Waals surface area contributed by atoms with Crippen LogP contribution in [0.25, 0.3) is 0 Å². The van der Waals surface area contributed by atoms with E-state index in [9.17, 15) is 0 Å². The molecule has 0 spiro atoms. The summed E-state index contributed by atoms with van der Waals surface area (Å²) in [6.07, 6.45) is 2.49. The first kappa shape index (κ1) is 9.71. The van der Waals surface area contributed by atoms with Gasteiger partial charge in [0.1, 0.15) is 0 Å². The monoisotopic (exact) mass is 193 g/mol. The van der Waals surface area contributed by atoms with Gasteiger partial charge in [-0.1, -0.05) is 0 Å². The summed E-state index contributed by atoms with van der Waals surface area (Å²) in [4.78, 5) is 0. The SMILES string of the molecule is Cc1nn(C)c(CC2CCNC2)c1C. The highest BCUT2D eigenvalue weighted by molar-refractivity contribution is 5.24. The molecule has 0 aliphatic carbocycles. The van der Waals surface area contributed by atoms with Crippen LogP contribution in [0.2, 0.25) is 0 Å². The van der Waals surface area contributed by atoms with Crippen LogP contribution in [-0.2, 0) is 13.5 Å². The largest absolute Gasteiger partial charge is 0.316 e. The average Bonchev–Trinajstić information content (AvgIpc) is 2.71. The number of hydrogen-bond donors (Lipinski definition) is 1. The molecule has 14 heavy (non-hydrogen) atoms. The van der Waals surface area contributed by atoms with Crippen LogP contribution in [0.4, 0.5) is 0 Å². The van der Waals surface area contributed by atoms with Crippen LogP contribution in [0.5, 0.6) is 0 Å². The van der Waals surface area contributed by atoms with E-state index in [-0.39, 0.29) is 0 Å². The minimum Gasteiger partial charge on any atom is -0.316 e. The fraction of sp³-hybridized carbons (Fsp3) is 0.727. The van der Waals surface area contributed by atoms with Crippen LogP contribution >= 0.6 is 0 Å². The standard InChI is InChI=1S/C11H19N3/c1-8-9(2)13-14(3)11(8)6-10-4-5-12-7-10/h10,12H,4-7H2,1-3H3. The van der Waals surface area contributed by atoms with Gasteiger partial charge in [0, 0.05) is 12.7 Å². The third kappa shape index (κ3) is 1.69. The molecule has 0 aromatic carbocycles. The summed E-state index contributed by atoms with van der Waals surface area (Å²) in [7, 11) is 2.05. The molecule has 1 fully saturated rings. The highest BCUT2D eigenvalue weighted by atomic mass is 15.3. The van der Waals surface area contributed by atoms with Gasteiger partial charge in [-0.05, 0) is 51.3 Å². The molecule has 0 amide bonds. The summed E-state index contributed by atoms with van der Waals surface area (Å²) in [5.41, 5.74) is 3.96. The van der Waals surface area contributed by atoms with Crippen LogP contribution in [-0.4, -0.2) is 22.9 Å². The molecule has 3 nitrogen and oxygen atoms in total. The van der Waals surface area contributed by atoms with Crippen molar-refractivity contribution in [1.29, 1.82) is 0 Å². The molecule has 0 saturated carbocycles. The normalized spacial score (nSPS) is 21.8. The van der Waals surface area contributed by atoms with Crippen molar-refractivity contribution in [2.75, 3.05) is 13.1 Å². The lowest BCUT2D eigenvalue weighted by Gasteiger charge is -2.09. The molecule has 1 aromatic heterocycles. The number of nitrogens with one attached hydrogen (secondary N) is 1. The van der Waals surface area contributed by atoms with Gasteiger partial charge in [-0.2, -0.15) is 5.10 Å². The zero-order valence-electron chi connectivity index (χ0n) is 9.30. The van der Waals surface area contributed by atoms with Crippen molar-refractivity contribution in [2.45, 2.75) is 26.7 Å². The molecule has 3 heteroatoms. The summed E-state index contributed by atoms with van der Waals surface area (Å²) >= 11 is 0. The Labute approximate surface area is 85.5 Å². The second-order valence-corrected chi connectivity index (χ2v) is 4.34. The third-order valence-corrected chi connectivity index (χ3v) is 3.31. The Morgan fingerprint density at radius 3 is 2.79 bits per heavy atom. The molecule has 1 aromatic rings. The molecule has 1 unspecified atom stereocenters. The van der Waals surface area contributed by atoms with E-state index in [0.29, 0.717) is 0 Å². The van der Waals surface area contributed by atoms with E-state index in [1.807, 2.05) is 4.68 Å². The highest BCUT2D eigenvalue weighted by Gasteiger charge is 2.18. The van der Waals surface area contributed by atoms with Gasteiger partial charge in [0.25, 0.3) is 0 Å². The first-order chi connectivity index (χ1) is 6.68. The lowest BCUT2D eigenvalue weighted by Crippen LogP contribution is -2.13. The van der Waals surface area contributed by atoms with Crippen LogP contribution in [0.15, 0.2) is 0 Å². The van der Waals surface area contributed by atoms with Crippen molar-refractivity contribution < 1.29 is 0 Å². The maximum atomic E-state index is 4.45. The van der Waals surface area contributed by atoms with Gasteiger partial charge < -0.3 is 5.32 Å². The summed E-state index contributed by atoms with van der Waals surface area (Å²) < 4.78 is 2.04. The number of aryl methyl sites for hydroxylation is 2. The quantitative estimate of drug-likeness (QED) is 0.764. The maximum Gasteiger partial charge on any atom is 0.0625 e. The van der Waals surface area contributed by atoms with Crippen LogP contribution in [0.3, 0.4) is 0 Å². The van der Waals surface area contributed by atoms with E-state index < -0.39 is 0 Å². The van der Waals surface area contributed by atoms with Crippen molar-refractivity contribution in [3.05, 3.63) is 17.0 Å². The van der Waals surface area contributed by atoms with Crippen molar-refractivity contribution in [2.24, 2.45) is 13.0 Å². The second kappa shape index (κ2) is 3.73. The first-order valence-electron chi connectivity index (χ1n) is 5.38. The molecule has 1 aliphatic rings.